The predicted octanol–water partition coefficient (Wildman–Crippen LogP) is 2.20. The van der Waals surface area contributed by atoms with E-state index in [4.69, 9.17) is 0 Å². The van der Waals surface area contributed by atoms with Gasteiger partial charge in [0.2, 0.25) is 0 Å². The number of piperidine rings is 1. The molecule has 1 aliphatic heterocycles. The van der Waals surface area contributed by atoms with Crippen molar-refractivity contribution in [2.75, 3.05) is 32.6 Å². The third-order valence-corrected chi connectivity index (χ3v) is 3.98. The molecule has 22 heavy (non-hydrogen) atoms. The molecular weight excluding hydrogens is 286 g/mol. The van der Waals surface area contributed by atoms with Crippen LogP contribution < -0.4 is 5.32 Å². The first-order valence-electron chi connectivity index (χ1n) is 7.24. The molecule has 0 spiro atoms. The Morgan fingerprint density at radius 2 is 2.05 bits per heavy atom. The lowest BCUT2D eigenvalue weighted by atomic mass is 10.0. The van der Waals surface area contributed by atoms with E-state index in [9.17, 15) is 14.9 Å². The van der Waals surface area contributed by atoms with E-state index in [1.165, 1.54) is 13.2 Å². The molecule has 120 valence electrons. The summed E-state index contributed by atoms with van der Waals surface area (Å²) in [4.78, 5) is 24.7. The van der Waals surface area contributed by atoms with Crippen LogP contribution in [-0.2, 0) is 4.74 Å². The van der Waals surface area contributed by atoms with Crippen LogP contribution in [0, 0.1) is 17.0 Å². The number of benzene rings is 1. The van der Waals surface area contributed by atoms with Crippen molar-refractivity contribution in [1.82, 2.24) is 4.90 Å². The standard InChI is InChI=1S/C15H21N3O4/c1-10-8-12(16-11-4-6-17(2)7-5-11)9-13(15(19)22-3)14(10)18(20)21/h8-9,11,16H,4-7H2,1-3H3. The van der Waals surface area contributed by atoms with Gasteiger partial charge in [0.25, 0.3) is 5.69 Å². The lowest BCUT2D eigenvalue weighted by molar-refractivity contribution is -0.385. The zero-order valence-corrected chi connectivity index (χ0v) is 13.1. The number of ether oxygens (including phenoxy) is 1. The summed E-state index contributed by atoms with van der Waals surface area (Å²) < 4.78 is 4.66. The van der Waals surface area contributed by atoms with Crippen molar-refractivity contribution in [1.29, 1.82) is 0 Å². The number of likely N-dealkylation sites (tertiary alicyclic amines) is 1. The molecule has 1 aromatic carbocycles. The summed E-state index contributed by atoms with van der Waals surface area (Å²) in [7, 11) is 3.31. The van der Waals surface area contributed by atoms with Crippen molar-refractivity contribution in [2.24, 2.45) is 0 Å². The van der Waals surface area contributed by atoms with Gasteiger partial charge in [-0.1, -0.05) is 0 Å². The lowest BCUT2D eigenvalue weighted by Gasteiger charge is -2.30. The third-order valence-electron chi connectivity index (χ3n) is 3.98. The topological polar surface area (TPSA) is 84.7 Å². The Labute approximate surface area is 129 Å². The smallest absolute Gasteiger partial charge is 0.344 e. The van der Waals surface area contributed by atoms with Crippen LogP contribution in [0.1, 0.15) is 28.8 Å². The molecule has 0 aromatic heterocycles. The summed E-state index contributed by atoms with van der Waals surface area (Å²) >= 11 is 0. The lowest BCUT2D eigenvalue weighted by Crippen LogP contribution is -2.36. The summed E-state index contributed by atoms with van der Waals surface area (Å²) in [5.41, 5.74) is 0.963. The molecule has 2 rings (SSSR count). The average molecular weight is 307 g/mol. The number of nitro benzene ring substituents is 1. The quantitative estimate of drug-likeness (QED) is 0.521. The van der Waals surface area contributed by atoms with E-state index in [0.29, 0.717) is 11.6 Å². The number of nitrogens with zero attached hydrogens (tertiary/aromatic N) is 2. The van der Waals surface area contributed by atoms with Crippen LogP contribution in [-0.4, -0.2) is 49.1 Å². The van der Waals surface area contributed by atoms with E-state index in [1.807, 2.05) is 0 Å². The van der Waals surface area contributed by atoms with Crippen LogP contribution >= 0.6 is 0 Å². The third kappa shape index (κ3) is 3.54. The molecule has 1 N–H and O–H groups in total. The molecular formula is C15H21N3O4. The highest BCUT2D eigenvalue weighted by Crippen LogP contribution is 2.29. The SMILES string of the molecule is COC(=O)c1cc(NC2CCN(C)CC2)cc(C)c1[N+](=O)[O-]. The number of carbonyl (C=O) groups excluding carboxylic acids is 1. The van der Waals surface area contributed by atoms with Gasteiger partial charge >= 0.3 is 5.97 Å². The maximum Gasteiger partial charge on any atom is 0.344 e. The van der Waals surface area contributed by atoms with Crippen molar-refractivity contribution >= 4 is 17.3 Å². The normalized spacial score (nSPS) is 16.3. The fraction of sp³-hybridized carbons (Fsp3) is 0.533. The number of anilines is 1. The van der Waals surface area contributed by atoms with Crippen molar-refractivity contribution in [3.8, 4) is 0 Å². The van der Waals surface area contributed by atoms with E-state index in [0.717, 1.165) is 31.6 Å². The molecule has 0 unspecified atom stereocenters. The van der Waals surface area contributed by atoms with Gasteiger partial charge in [0.05, 0.1) is 12.0 Å². The highest BCUT2D eigenvalue weighted by molar-refractivity contribution is 5.95. The molecule has 1 heterocycles. The zero-order valence-electron chi connectivity index (χ0n) is 13.1. The fourth-order valence-corrected chi connectivity index (χ4v) is 2.76. The number of carbonyl (C=O) groups is 1. The Hall–Kier alpha value is -2.15. The van der Waals surface area contributed by atoms with Gasteiger partial charge < -0.3 is 15.0 Å². The summed E-state index contributed by atoms with van der Waals surface area (Å²) in [6.45, 7) is 3.64. The second kappa shape index (κ2) is 6.74. The monoisotopic (exact) mass is 307 g/mol. The van der Waals surface area contributed by atoms with E-state index in [2.05, 4.69) is 22.0 Å². The van der Waals surface area contributed by atoms with Gasteiger partial charge in [0, 0.05) is 17.3 Å². The summed E-state index contributed by atoms with van der Waals surface area (Å²) in [6, 6.07) is 3.53. The number of nitro groups is 1. The van der Waals surface area contributed by atoms with Gasteiger partial charge in [-0.15, -0.1) is 0 Å². The van der Waals surface area contributed by atoms with Gasteiger partial charge in [-0.2, -0.15) is 0 Å². The highest BCUT2D eigenvalue weighted by Gasteiger charge is 2.25. The first-order chi connectivity index (χ1) is 10.4. The van der Waals surface area contributed by atoms with Gasteiger partial charge in [0.15, 0.2) is 0 Å². The molecule has 0 amide bonds. The number of nitrogens with one attached hydrogen (secondary N) is 1. The van der Waals surface area contributed by atoms with Crippen molar-refractivity contribution in [3.05, 3.63) is 33.4 Å². The molecule has 0 atom stereocenters. The van der Waals surface area contributed by atoms with Crippen molar-refractivity contribution < 1.29 is 14.5 Å². The number of hydrogen-bond donors (Lipinski definition) is 1. The fourth-order valence-electron chi connectivity index (χ4n) is 2.76. The first-order valence-corrected chi connectivity index (χ1v) is 7.24. The molecule has 7 nitrogen and oxygen atoms in total. The Bertz CT molecular complexity index is 580. The van der Waals surface area contributed by atoms with E-state index in [-0.39, 0.29) is 11.3 Å². The molecule has 1 fully saturated rings. The van der Waals surface area contributed by atoms with E-state index in [1.54, 1.807) is 13.0 Å². The minimum absolute atomic E-state index is 0.0112. The van der Waals surface area contributed by atoms with Crippen LogP contribution in [0.15, 0.2) is 12.1 Å². The number of esters is 1. The second-order valence-electron chi connectivity index (χ2n) is 5.66. The van der Waals surface area contributed by atoms with Crippen LogP contribution in [0.3, 0.4) is 0 Å². The second-order valence-corrected chi connectivity index (χ2v) is 5.66. The summed E-state index contributed by atoms with van der Waals surface area (Å²) in [5.74, 6) is -0.693. The van der Waals surface area contributed by atoms with E-state index < -0.39 is 10.9 Å². The summed E-state index contributed by atoms with van der Waals surface area (Å²) in [6.07, 6.45) is 2.00. The largest absolute Gasteiger partial charge is 0.465 e. The van der Waals surface area contributed by atoms with E-state index >= 15 is 0 Å². The minimum Gasteiger partial charge on any atom is -0.465 e. The number of hydrogen-bond acceptors (Lipinski definition) is 6. The van der Waals surface area contributed by atoms with Crippen LogP contribution in [0.5, 0.6) is 0 Å². The molecule has 7 heteroatoms. The average Bonchev–Trinajstić information content (AvgIpc) is 2.47. The zero-order chi connectivity index (χ0) is 16.3. The van der Waals surface area contributed by atoms with Crippen molar-refractivity contribution in [3.63, 3.8) is 0 Å². The Balaban J connectivity index is 2.27. The molecule has 1 aliphatic rings. The highest BCUT2D eigenvalue weighted by atomic mass is 16.6. The van der Waals surface area contributed by atoms with Gasteiger partial charge in [-0.05, 0) is 52.0 Å². The number of rotatable bonds is 4. The Morgan fingerprint density at radius 3 is 2.59 bits per heavy atom. The summed E-state index contributed by atoms with van der Waals surface area (Å²) in [5, 5.41) is 14.5. The molecule has 1 aromatic rings. The van der Waals surface area contributed by atoms with Gasteiger partial charge in [-0.25, -0.2) is 4.79 Å². The minimum atomic E-state index is -0.693. The predicted molar refractivity (Wildman–Crippen MR) is 83.3 cm³/mol. The molecule has 0 saturated carbocycles. The maximum absolute atomic E-state index is 11.8. The number of aryl methyl sites for hydroxylation is 1. The number of methoxy groups -OCH3 is 1. The van der Waals surface area contributed by atoms with Gasteiger partial charge in [-0.3, -0.25) is 10.1 Å². The van der Waals surface area contributed by atoms with Gasteiger partial charge in [0.1, 0.15) is 5.56 Å². The van der Waals surface area contributed by atoms with Crippen molar-refractivity contribution in [2.45, 2.75) is 25.8 Å². The Morgan fingerprint density at radius 1 is 1.41 bits per heavy atom. The molecule has 0 radical (unpaired) electrons. The van der Waals surface area contributed by atoms with Crippen LogP contribution in [0.2, 0.25) is 0 Å². The Kier molecular flexibility index (Phi) is 4.97. The molecule has 0 bridgehead atoms. The van der Waals surface area contributed by atoms with Crippen LogP contribution in [0.25, 0.3) is 0 Å². The maximum atomic E-state index is 11.8. The molecule has 1 saturated heterocycles. The van der Waals surface area contributed by atoms with Crippen LogP contribution in [0.4, 0.5) is 11.4 Å². The first kappa shape index (κ1) is 16.2. The molecule has 0 aliphatic carbocycles.